The Kier molecular flexibility index (Phi) is 9.93. The molecule has 0 spiro atoms. The molecule has 0 aliphatic heterocycles. The second kappa shape index (κ2) is 12.9. The van der Waals surface area contributed by atoms with Gasteiger partial charge in [-0.3, -0.25) is 13.9 Å². The molecule has 3 rings (SSSR count). The highest BCUT2D eigenvalue weighted by Crippen LogP contribution is 2.23. The lowest BCUT2D eigenvalue weighted by atomic mass is 10.1. The van der Waals surface area contributed by atoms with Gasteiger partial charge in [-0.2, -0.15) is 0 Å². The van der Waals surface area contributed by atoms with Gasteiger partial charge in [-0.05, 0) is 49.8 Å². The van der Waals surface area contributed by atoms with Crippen LogP contribution in [0.15, 0.2) is 54.6 Å². The molecular weight excluding hydrogens is 474 g/mol. The number of hydrogen-bond acceptors (Lipinski definition) is 4. The number of carbonyl (C=O) groups excluding carboxylic acids is 2. The van der Waals surface area contributed by atoms with Gasteiger partial charge in [0.15, 0.2) is 0 Å². The van der Waals surface area contributed by atoms with Crippen LogP contribution in [0.5, 0.6) is 0 Å². The molecule has 196 valence electrons. The first-order valence-electron chi connectivity index (χ1n) is 12.9. The highest BCUT2D eigenvalue weighted by atomic mass is 32.2. The minimum atomic E-state index is -3.51. The molecule has 36 heavy (non-hydrogen) atoms. The lowest BCUT2D eigenvalue weighted by molar-refractivity contribution is -0.141. The summed E-state index contributed by atoms with van der Waals surface area (Å²) in [6.45, 7) is 4.33. The predicted molar refractivity (Wildman–Crippen MR) is 144 cm³/mol. The van der Waals surface area contributed by atoms with Crippen LogP contribution in [0.3, 0.4) is 0 Å². The highest BCUT2D eigenvalue weighted by molar-refractivity contribution is 7.92. The van der Waals surface area contributed by atoms with Crippen molar-refractivity contribution in [1.29, 1.82) is 0 Å². The maximum atomic E-state index is 13.5. The largest absolute Gasteiger partial charge is 0.352 e. The average Bonchev–Trinajstić information content (AvgIpc) is 3.35. The molecule has 0 unspecified atom stereocenters. The van der Waals surface area contributed by atoms with E-state index < -0.39 is 16.1 Å². The Morgan fingerprint density at radius 1 is 1.03 bits per heavy atom. The van der Waals surface area contributed by atoms with E-state index >= 15 is 0 Å². The second-order valence-corrected chi connectivity index (χ2v) is 11.6. The summed E-state index contributed by atoms with van der Waals surface area (Å²) in [5.74, 6) is -0.253. The number of hydrogen-bond donors (Lipinski definition) is 1. The molecule has 2 aromatic carbocycles. The first-order valence-corrected chi connectivity index (χ1v) is 14.7. The molecule has 1 N–H and O–H groups in total. The molecule has 2 aromatic rings. The Morgan fingerprint density at radius 3 is 2.28 bits per heavy atom. The fraction of sp³-hybridized carbons (Fsp3) is 0.500. The monoisotopic (exact) mass is 513 g/mol. The van der Waals surface area contributed by atoms with Gasteiger partial charge in [-0.25, -0.2) is 8.42 Å². The zero-order valence-electron chi connectivity index (χ0n) is 21.7. The predicted octanol–water partition coefficient (Wildman–Crippen LogP) is 4.41. The van der Waals surface area contributed by atoms with Gasteiger partial charge in [0, 0.05) is 25.6 Å². The van der Waals surface area contributed by atoms with Crippen LogP contribution < -0.4 is 9.62 Å². The van der Waals surface area contributed by atoms with E-state index in [-0.39, 0.29) is 30.8 Å². The van der Waals surface area contributed by atoms with E-state index in [9.17, 15) is 18.0 Å². The van der Waals surface area contributed by atoms with E-state index in [0.717, 1.165) is 36.8 Å². The SMILES string of the molecule is CC[C@H](C(=O)NC1CCCC1)N(Cc1ccccc1)C(=O)CCCN(c1ccccc1C)S(C)(=O)=O. The summed E-state index contributed by atoms with van der Waals surface area (Å²) in [4.78, 5) is 28.4. The quantitative estimate of drug-likeness (QED) is 0.456. The summed E-state index contributed by atoms with van der Waals surface area (Å²) in [6.07, 6.45) is 6.39. The van der Waals surface area contributed by atoms with E-state index in [4.69, 9.17) is 0 Å². The third kappa shape index (κ3) is 7.56. The van der Waals surface area contributed by atoms with Crippen LogP contribution in [-0.4, -0.2) is 50.0 Å². The van der Waals surface area contributed by atoms with E-state index in [1.54, 1.807) is 11.0 Å². The van der Waals surface area contributed by atoms with Crippen molar-refractivity contribution >= 4 is 27.5 Å². The summed E-state index contributed by atoms with van der Waals surface area (Å²) >= 11 is 0. The number of carbonyl (C=O) groups is 2. The minimum Gasteiger partial charge on any atom is -0.352 e. The third-order valence-corrected chi connectivity index (χ3v) is 8.00. The zero-order valence-corrected chi connectivity index (χ0v) is 22.5. The van der Waals surface area contributed by atoms with E-state index in [1.807, 2.05) is 62.4 Å². The smallest absolute Gasteiger partial charge is 0.243 e. The summed E-state index contributed by atoms with van der Waals surface area (Å²) in [7, 11) is -3.51. The second-order valence-electron chi connectivity index (χ2n) is 9.65. The first kappa shape index (κ1) is 27.7. The molecule has 7 nitrogen and oxygen atoms in total. The highest BCUT2D eigenvalue weighted by Gasteiger charge is 2.30. The number of amides is 2. The third-order valence-electron chi connectivity index (χ3n) is 6.82. The molecule has 1 atom stereocenters. The number of sulfonamides is 1. The minimum absolute atomic E-state index is 0.105. The van der Waals surface area contributed by atoms with Crippen LogP contribution in [-0.2, 0) is 26.2 Å². The number of anilines is 1. The molecule has 0 saturated heterocycles. The van der Waals surface area contributed by atoms with Crippen LogP contribution in [0.25, 0.3) is 0 Å². The summed E-state index contributed by atoms with van der Waals surface area (Å²) < 4.78 is 26.4. The normalized spacial score (nSPS) is 14.9. The lowest BCUT2D eigenvalue weighted by Gasteiger charge is -2.32. The fourth-order valence-electron chi connectivity index (χ4n) is 4.89. The Morgan fingerprint density at radius 2 is 1.67 bits per heavy atom. The molecule has 1 aliphatic rings. The Balaban J connectivity index is 1.74. The van der Waals surface area contributed by atoms with Crippen LogP contribution >= 0.6 is 0 Å². The molecule has 0 heterocycles. The molecular formula is C28H39N3O4S. The Hall–Kier alpha value is -2.87. The number of rotatable bonds is 12. The van der Waals surface area contributed by atoms with Crippen molar-refractivity contribution in [2.45, 2.75) is 77.4 Å². The number of nitrogens with zero attached hydrogens (tertiary/aromatic N) is 2. The number of benzene rings is 2. The van der Waals surface area contributed by atoms with Crippen molar-refractivity contribution in [1.82, 2.24) is 10.2 Å². The van der Waals surface area contributed by atoms with Crippen molar-refractivity contribution in [3.05, 3.63) is 65.7 Å². The topological polar surface area (TPSA) is 86.8 Å². The van der Waals surface area contributed by atoms with Gasteiger partial charge in [0.2, 0.25) is 21.8 Å². The van der Waals surface area contributed by atoms with Crippen molar-refractivity contribution < 1.29 is 18.0 Å². The van der Waals surface area contributed by atoms with Crippen LogP contribution in [0.4, 0.5) is 5.69 Å². The van der Waals surface area contributed by atoms with Gasteiger partial charge < -0.3 is 10.2 Å². The molecule has 8 heteroatoms. The Bertz CT molecular complexity index is 1110. The van der Waals surface area contributed by atoms with Gasteiger partial charge in [0.05, 0.1) is 11.9 Å². The Labute approximate surface area is 215 Å². The molecule has 0 aromatic heterocycles. The molecule has 0 radical (unpaired) electrons. The van der Waals surface area contributed by atoms with Gasteiger partial charge in [0.25, 0.3) is 0 Å². The lowest BCUT2D eigenvalue weighted by Crippen LogP contribution is -2.51. The first-order chi connectivity index (χ1) is 17.2. The summed E-state index contributed by atoms with van der Waals surface area (Å²) in [6, 6.07) is 16.6. The van der Waals surface area contributed by atoms with Crippen LogP contribution in [0.2, 0.25) is 0 Å². The molecule has 2 amide bonds. The van der Waals surface area contributed by atoms with E-state index in [1.165, 1.54) is 10.6 Å². The van der Waals surface area contributed by atoms with Gasteiger partial charge in [-0.1, -0.05) is 68.3 Å². The summed E-state index contributed by atoms with van der Waals surface area (Å²) in [5.41, 5.74) is 2.43. The van der Waals surface area contributed by atoms with Crippen LogP contribution in [0.1, 0.15) is 63.0 Å². The van der Waals surface area contributed by atoms with E-state index in [2.05, 4.69) is 5.32 Å². The van der Waals surface area contributed by atoms with E-state index in [0.29, 0.717) is 25.1 Å². The average molecular weight is 514 g/mol. The van der Waals surface area contributed by atoms with Crippen molar-refractivity contribution in [3.63, 3.8) is 0 Å². The summed E-state index contributed by atoms with van der Waals surface area (Å²) in [5, 5.41) is 3.15. The van der Waals surface area contributed by atoms with Crippen molar-refractivity contribution in [2.75, 3.05) is 17.1 Å². The van der Waals surface area contributed by atoms with Crippen LogP contribution in [0, 0.1) is 6.92 Å². The molecule has 0 bridgehead atoms. The molecule has 1 aliphatic carbocycles. The van der Waals surface area contributed by atoms with Gasteiger partial charge in [-0.15, -0.1) is 0 Å². The number of aryl methyl sites for hydroxylation is 1. The number of para-hydroxylation sites is 1. The fourth-order valence-corrected chi connectivity index (χ4v) is 5.92. The standard InChI is InChI=1S/C28H39N3O4S/c1-4-25(28(33)29-24-16-9-10-17-24)30(21-23-14-6-5-7-15-23)27(32)19-12-20-31(36(3,34)35)26-18-11-8-13-22(26)2/h5-8,11,13-15,18,24-25H,4,9-10,12,16-17,19-21H2,1-3H3,(H,29,33)/t25-/m1/s1. The van der Waals surface area contributed by atoms with Crippen molar-refractivity contribution in [3.8, 4) is 0 Å². The zero-order chi connectivity index (χ0) is 26.1. The molecule has 1 saturated carbocycles. The molecule has 1 fully saturated rings. The number of nitrogens with one attached hydrogen (secondary N) is 1. The van der Waals surface area contributed by atoms with Gasteiger partial charge >= 0.3 is 0 Å². The van der Waals surface area contributed by atoms with Gasteiger partial charge in [0.1, 0.15) is 6.04 Å². The maximum absolute atomic E-state index is 13.5. The van der Waals surface area contributed by atoms with Crippen molar-refractivity contribution in [2.24, 2.45) is 0 Å². The maximum Gasteiger partial charge on any atom is 0.243 e.